The molecule has 0 aliphatic rings. The van der Waals surface area contributed by atoms with Gasteiger partial charge in [-0.1, -0.05) is 0 Å². The Morgan fingerprint density at radius 2 is 1.80 bits per heavy atom. The molecule has 2 rings (SSSR count). The Labute approximate surface area is 114 Å². The summed E-state index contributed by atoms with van der Waals surface area (Å²) in [6.45, 7) is 0. The number of primary amides is 1. The van der Waals surface area contributed by atoms with Crippen molar-refractivity contribution >= 4 is 11.6 Å². The first-order valence-corrected chi connectivity index (χ1v) is 5.72. The van der Waals surface area contributed by atoms with Gasteiger partial charge in [0.2, 0.25) is 5.91 Å². The lowest BCUT2D eigenvalue weighted by molar-refractivity contribution is 0.1000. The predicted octanol–water partition coefficient (Wildman–Crippen LogP) is 2.31. The topological polar surface area (TPSA) is 87.6 Å². The molecule has 0 saturated heterocycles. The molecule has 0 unspecified atom stereocenters. The molecular formula is C14H13FN2O3. The molecule has 0 radical (unpaired) electrons. The maximum absolute atomic E-state index is 13.7. The first-order valence-electron chi connectivity index (χ1n) is 5.72. The van der Waals surface area contributed by atoms with Crippen molar-refractivity contribution in [1.29, 1.82) is 0 Å². The largest absolute Gasteiger partial charge is 0.493 e. The maximum atomic E-state index is 13.7. The Hall–Kier alpha value is -2.76. The van der Waals surface area contributed by atoms with Gasteiger partial charge in [0.1, 0.15) is 0 Å². The molecule has 0 atom stereocenters. The van der Waals surface area contributed by atoms with Gasteiger partial charge in [0.05, 0.1) is 7.11 Å². The molecule has 20 heavy (non-hydrogen) atoms. The Morgan fingerprint density at radius 3 is 2.40 bits per heavy atom. The summed E-state index contributed by atoms with van der Waals surface area (Å²) in [7, 11) is 1.41. The van der Waals surface area contributed by atoms with Gasteiger partial charge in [-0.15, -0.1) is 0 Å². The summed E-state index contributed by atoms with van der Waals surface area (Å²) in [5, 5.41) is 0. The quantitative estimate of drug-likeness (QED) is 0.839. The van der Waals surface area contributed by atoms with Crippen molar-refractivity contribution in [2.45, 2.75) is 0 Å². The number of benzene rings is 2. The molecule has 0 bridgehead atoms. The summed E-state index contributed by atoms with van der Waals surface area (Å²) in [5.41, 5.74) is 11.2. The molecule has 0 heterocycles. The van der Waals surface area contributed by atoms with Crippen LogP contribution in [0, 0.1) is 5.82 Å². The highest BCUT2D eigenvalue weighted by molar-refractivity contribution is 5.93. The number of methoxy groups -OCH3 is 1. The second-order valence-corrected chi connectivity index (χ2v) is 4.02. The molecule has 6 heteroatoms. The third kappa shape index (κ3) is 2.80. The van der Waals surface area contributed by atoms with Gasteiger partial charge in [-0.25, -0.2) is 4.39 Å². The van der Waals surface area contributed by atoms with Gasteiger partial charge in [0, 0.05) is 17.3 Å². The standard InChI is InChI=1S/C14H13FN2O3/c1-19-13-6-8(14(17)18)2-4-12(13)20-11-5-3-9(16)7-10(11)15/h2-7H,16H2,1H3,(H2,17,18). The Bertz CT molecular complexity index is 659. The van der Waals surface area contributed by atoms with E-state index in [0.717, 1.165) is 6.07 Å². The normalized spacial score (nSPS) is 10.1. The van der Waals surface area contributed by atoms with Gasteiger partial charge in [0.15, 0.2) is 23.1 Å². The summed E-state index contributed by atoms with van der Waals surface area (Å²) < 4.78 is 24.2. The van der Waals surface area contributed by atoms with Crippen LogP contribution in [0.5, 0.6) is 17.2 Å². The monoisotopic (exact) mass is 276 g/mol. The fourth-order valence-corrected chi connectivity index (χ4v) is 1.62. The number of amides is 1. The van der Waals surface area contributed by atoms with Crippen molar-refractivity contribution in [1.82, 2.24) is 0 Å². The fourth-order valence-electron chi connectivity index (χ4n) is 1.62. The maximum Gasteiger partial charge on any atom is 0.248 e. The molecule has 0 saturated carbocycles. The molecule has 0 fully saturated rings. The molecular weight excluding hydrogens is 263 g/mol. The number of nitrogen functional groups attached to an aromatic ring is 1. The number of carbonyl (C=O) groups is 1. The van der Waals surface area contributed by atoms with E-state index in [1.165, 1.54) is 37.4 Å². The van der Waals surface area contributed by atoms with E-state index in [0.29, 0.717) is 5.69 Å². The van der Waals surface area contributed by atoms with Crippen LogP contribution in [0.25, 0.3) is 0 Å². The molecule has 0 aliphatic heterocycles. The number of carbonyl (C=O) groups excluding carboxylic acids is 1. The zero-order valence-electron chi connectivity index (χ0n) is 10.7. The van der Waals surface area contributed by atoms with Crippen molar-refractivity contribution in [3.8, 4) is 17.2 Å². The zero-order valence-corrected chi connectivity index (χ0v) is 10.7. The third-order valence-corrected chi connectivity index (χ3v) is 2.62. The smallest absolute Gasteiger partial charge is 0.248 e. The minimum Gasteiger partial charge on any atom is -0.493 e. The average Bonchev–Trinajstić information content (AvgIpc) is 2.42. The van der Waals surface area contributed by atoms with E-state index in [1.807, 2.05) is 0 Å². The van der Waals surface area contributed by atoms with Gasteiger partial charge < -0.3 is 20.9 Å². The van der Waals surface area contributed by atoms with E-state index in [4.69, 9.17) is 20.9 Å². The summed E-state index contributed by atoms with van der Waals surface area (Å²) in [4.78, 5) is 11.1. The van der Waals surface area contributed by atoms with Crippen LogP contribution >= 0.6 is 0 Å². The molecule has 0 spiro atoms. The van der Waals surface area contributed by atoms with Gasteiger partial charge in [-0.05, 0) is 30.3 Å². The zero-order chi connectivity index (χ0) is 14.7. The van der Waals surface area contributed by atoms with Crippen molar-refractivity contribution in [3.63, 3.8) is 0 Å². The summed E-state index contributed by atoms with van der Waals surface area (Å²) in [6, 6.07) is 8.45. The molecule has 0 aliphatic carbocycles. The van der Waals surface area contributed by atoms with Crippen LogP contribution in [0.4, 0.5) is 10.1 Å². The van der Waals surface area contributed by atoms with E-state index < -0.39 is 11.7 Å². The van der Waals surface area contributed by atoms with Crippen molar-refractivity contribution in [2.75, 3.05) is 12.8 Å². The highest BCUT2D eigenvalue weighted by atomic mass is 19.1. The molecule has 5 nitrogen and oxygen atoms in total. The van der Waals surface area contributed by atoms with E-state index in [1.54, 1.807) is 0 Å². The minimum atomic E-state index is -0.592. The summed E-state index contributed by atoms with van der Waals surface area (Å²) >= 11 is 0. The van der Waals surface area contributed by atoms with Crippen LogP contribution in [0.1, 0.15) is 10.4 Å². The Balaban J connectivity index is 2.35. The van der Waals surface area contributed by atoms with E-state index in [9.17, 15) is 9.18 Å². The lowest BCUT2D eigenvalue weighted by Crippen LogP contribution is -2.10. The highest BCUT2D eigenvalue weighted by Crippen LogP contribution is 2.33. The summed E-state index contributed by atoms with van der Waals surface area (Å²) in [5.74, 6) is -0.637. The first kappa shape index (κ1) is 13.7. The van der Waals surface area contributed by atoms with Crippen molar-refractivity contribution in [3.05, 3.63) is 47.8 Å². The second-order valence-electron chi connectivity index (χ2n) is 4.02. The lowest BCUT2D eigenvalue weighted by Gasteiger charge is -2.11. The fraction of sp³-hybridized carbons (Fsp3) is 0.0714. The van der Waals surface area contributed by atoms with Crippen LogP contribution in [0.2, 0.25) is 0 Å². The number of halogens is 1. The molecule has 104 valence electrons. The number of hydrogen-bond acceptors (Lipinski definition) is 4. The van der Waals surface area contributed by atoms with E-state index in [2.05, 4.69) is 0 Å². The Morgan fingerprint density at radius 1 is 1.10 bits per heavy atom. The number of nitrogens with two attached hydrogens (primary N) is 2. The second kappa shape index (κ2) is 5.48. The van der Waals surface area contributed by atoms with Crippen LogP contribution in [0.15, 0.2) is 36.4 Å². The molecule has 1 amide bonds. The third-order valence-electron chi connectivity index (χ3n) is 2.62. The van der Waals surface area contributed by atoms with E-state index >= 15 is 0 Å². The molecule has 0 aromatic heterocycles. The molecule has 2 aromatic rings. The van der Waals surface area contributed by atoms with Crippen molar-refractivity contribution < 1.29 is 18.7 Å². The SMILES string of the molecule is COc1cc(C(N)=O)ccc1Oc1ccc(N)cc1F. The molecule has 2 aromatic carbocycles. The first-order chi connectivity index (χ1) is 9.51. The molecule has 4 N–H and O–H groups in total. The van der Waals surface area contributed by atoms with Gasteiger partial charge in [-0.3, -0.25) is 4.79 Å². The van der Waals surface area contributed by atoms with Gasteiger partial charge >= 0.3 is 0 Å². The van der Waals surface area contributed by atoms with E-state index in [-0.39, 0.29) is 22.8 Å². The van der Waals surface area contributed by atoms with Crippen LogP contribution < -0.4 is 20.9 Å². The van der Waals surface area contributed by atoms with Crippen LogP contribution in [-0.4, -0.2) is 13.0 Å². The minimum absolute atomic E-state index is 0.00400. The number of anilines is 1. The number of ether oxygens (including phenoxy) is 2. The van der Waals surface area contributed by atoms with Gasteiger partial charge in [-0.2, -0.15) is 0 Å². The number of hydrogen-bond donors (Lipinski definition) is 2. The van der Waals surface area contributed by atoms with Crippen LogP contribution in [0.3, 0.4) is 0 Å². The highest BCUT2D eigenvalue weighted by Gasteiger charge is 2.12. The van der Waals surface area contributed by atoms with Gasteiger partial charge in [0.25, 0.3) is 0 Å². The van der Waals surface area contributed by atoms with Crippen molar-refractivity contribution in [2.24, 2.45) is 5.73 Å². The predicted molar refractivity (Wildman–Crippen MR) is 72.4 cm³/mol. The lowest BCUT2D eigenvalue weighted by atomic mass is 10.2. The van der Waals surface area contributed by atoms with Crippen LogP contribution in [-0.2, 0) is 0 Å². The summed E-state index contributed by atoms with van der Waals surface area (Å²) in [6.07, 6.45) is 0. The average molecular weight is 276 g/mol. The Kier molecular flexibility index (Phi) is 3.74. The number of rotatable bonds is 4.